The van der Waals surface area contributed by atoms with Gasteiger partial charge in [0, 0.05) is 18.7 Å². The molecular formula is C20H21N3O4S. The smallest absolute Gasteiger partial charge is 0.273 e. The van der Waals surface area contributed by atoms with Crippen LogP contribution in [-0.4, -0.2) is 43.0 Å². The lowest BCUT2D eigenvalue weighted by molar-refractivity contribution is -0.110. The number of carbonyl (C=O) groups excluding carboxylic acids is 1. The van der Waals surface area contributed by atoms with Crippen LogP contribution in [0.25, 0.3) is 0 Å². The number of nitrogens with zero attached hydrogens (tertiary/aromatic N) is 2. The number of para-hydroxylation sites is 1. The van der Waals surface area contributed by atoms with Crippen LogP contribution < -0.4 is 5.32 Å². The van der Waals surface area contributed by atoms with E-state index in [1.165, 1.54) is 4.31 Å². The second-order valence-corrected chi connectivity index (χ2v) is 9.00. The molecule has 4 rings (SSSR count). The first-order chi connectivity index (χ1) is 13.5. The van der Waals surface area contributed by atoms with E-state index in [0.717, 1.165) is 0 Å². The molecule has 2 aromatic rings. The lowest BCUT2D eigenvalue weighted by Gasteiger charge is -2.37. The minimum atomic E-state index is -3.61. The zero-order valence-corrected chi connectivity index (χ0v) is 16.1. The summed E-state index contributed by atoms with van der Waals surface area (Å²) in [5, 5.41) is 6.77. The van der Waals surface area contributed by atoms with E-state index in [4.69, 9.17) is 4.84 Å². The Bertz CT molecular complexity index is 993. The van der Waals surface area contributed by atoms with Crippen LogP contribution in [-0.2, 0) is 19.7 Å². The van der Waals surface area contributed by atoms with Crippen molar-refractivity contribution in [1.82, 2.24) is 4.31 Å². The van der Waals surface area contributed by atoms with Crippen LogP contribution in [0, 0.1) is 0 Å². The van der Waals surface area contributed by atoms with Crippen molar-refractivity contribution in [1.29, 1.82) is 0 Å². The quantitative estimate of drug-likeness (QED) is 0.856. The third kappa shape index (κ3) is 3.65. The minimum absolute atomic E-state index is 0.176. The molecule has 0 aromatic heterocycles. The first kappa shape index (κ1) is 18.6. The Balaban J connectivity index is 1.46. The molecule has 1 atom stereocenters. The highest BCUT2D eigenvalue weighted by Crippen LogP contribution is 2.35. The Morgan fingerprint density at radius 3 is 2.46 bits per heavy atom. The number of oxime groups is 1. The van der Waals surface area contributed by atoms with Crippen LogP contribution in [0.15, 0.2) is 70.7 Å². The van der Waals surface area contributed by atoms with Crippen LogP contribution in [0.4, 0.5) is 5.69 Å². The molecule has 0 bridgehead atoms. The summed E-state index contributed by atoms with van der Waals surface area (Å²) in [5.41, 5.74) is 0.166. The van der Waals surface area contributed by atoms with Gasteiger partial charge in [-0.3, -0.25) is 4.79 Å². The molecule has 7 nitrogen and oxygen atoms in total. The summed E-state index contributed by atoms with van der Waals surface area (Å²) in [7, 11) is -3.61. The Hall–Kier alpha value is -2.71. The van der Waals surface area contributed by atoms with Gasteiger partial charge in [-0.25, -0.2) is 8.42 Å². The molecule has 146 valence electrons. The van der Waals surface area contributed by atoms with Crippen molar-refractivity contribution >= 4 is 27.3 Å². The summed E-state index contributed by atoms with van der Waals surface area (Å²) in [6.07, 6.45) is 1.58. The topological polar surface area (TPSA) is 88.1 Å². The first-order valence-corrected chi connectivity index (χ1v) is 10.6. The maximum Gasteiger partial charge on any atom is 0.273 e. The average Bonchev–Trinajstić information content (AvgIpc) is 3.13. The fraction of sp³-hybridized carbons (Fsp3) is 0.300. The standard InChI is InChI=1S/C20H21N3O4S/c24-19(21-16-8-3-1-4-9-16)18-14-20(27-22-18)12-7-13-23(15-20)28(25,26)17-10-5-2-6-11-17/h1-6,8-11H,7,12-15H2,(H,21,24). The molecular weight excluding hydrogens is 378 g/mol. The van der Waals surface area contributed by atoms with E-state index in [2.05, 4.69) is 10.5 Å². The van der Waals surface area contributed by atoms with Crippen LogP contribution in [0.1, 0.15) is 19.3 Å². The molecule has 2 aromatic carbocycles. The Morgan fingerprint density at radius 2 is 1.75 bits per heavy atom. The summed E-state index contributed by atoms with van der Waals surface area (Å²) < 4.78 is 27.3. The number of anilines is 1. The van der Waals surface area contributed by atoms with Crippen molar-refractivity contribution in [3.05, 3.63) is 60.7 Å². The number of amides is 1. The number of benzene rings is 2. The minimum Gasteiger partial charge on any atom is -0.387 e. The summed E-state index contributed by atoms with van der Waals surface area (Å²) in [5.74, 6) is -0.328. The van der Waals surface area contributed by atoms with Gasteiger partial charge < -0.3 is 10.2 Å². The van der Waals surface area contributed by atoms with E-state index in [9.17, 15) is 13.2 Å². The highest BCUT2D eigenvalue weighted by molar-refractivity contribution is 7.89. The van der Waals surface area contributed by atoms with E-state index < -0.39 is 15.6 Å². The molecule has 0 saturated carbocycles. The van der Waals surface area contributed by atoms with Crippen LogP contribution in [0.2, 0.25) is 0 Å². The fourth-order valence-corrected chi connectivity index (χ4v) is 5.16. The molecule has 2 aliphatic heterocycles. The lowest BCUT2D eigenvalue weighted by atomic mass is 9.89. The molecule has 2 aliphatic rings. The van der Waals surface area contributed by atoms with Crippen molar-refractivity contribution in [3.8, 4) is 0 Å². The van der Waals surface area contributed by atoms with Gasteiger partial charge in [-0.15, -0.1) is 0 Å². The second-order valence-electron chi connectivity index (χ2n) is 7.06. The van der Waals surface area contributed by atoms with E-state index in [1.807, 2.05) is 18.2 Å². The normalized spacial score (nSPS) is 22.5. The molecule has 0 radical (unpaired) electrons. The number of hydrogen-bond donors (Lipinski definition) is 1. The molecule has 0 aliphatic carbocycles. The van der Waals surface area contributed by atoms with E-state index >= 15 is 0 Å². The second kappa shape index (κ2) is 7.37. The fourth-order valence-electron chi connectivity index (χ4n) is 3.59. The Kier molecular flexibility index (Phi) is 4.91. The van der Waals surface area contributed by atoms with Crippen molar-refractivity contribution in [2.24, 2.45) is 5.16 Å². The lowest BCUT2D eigenvalue weighted by Crippen LogP contribution is -2.50. The highest BCUT2D eigenvalue weighted by atomic mass is 32.2. The van der Waals surface area contributed by atoms with Crippen molar-refractivity contribution in [2.75, 3.05) is 18.4 Å². The van der Waals surface area contributed by atoms with Gasteiger partial charge in [0.15, 0.2) is 5.60 Å². The molecule has 8 heteroatoms. The molecule has 2 heterocycles. The van der Waals surface area contributed by atoms with Gasteiger partial charge in [0.25, 0.3) is 5.91 Å². The van der Waals surface area contributed by atoms with Gasteiger partial charge in [0.1, 0.15) is 5.71 Å². The monoisotopic (exact) mass is 399 g/mol. The first-order valence-electron chi connectivity index (χ1n) is 9.15. The van der Waals surface area contributed by atoms with Crippen molar-refractivity contribution < 1.29 is 18.0 Å². The van der Waals surface area contributed by atoms with Gasteiger partial charge in [-0.05, 0) is 37.1 Å². The molecule has 1 amide bonds. The molecule has 1 fully saturated rings. The molecule has 1 saturated heterocycles. The SMILES string of the molecule is O=C(Nc1ccccc1)C1=NOC2(CCCN(S(=O)(=O)c3ccccc3)C2)C1. The zero-order valence-electron chi connectivity index (χ0n) is 15.2. The van der Waals surface area contributed by atoms with E-state index in [-0.39, 0.29) is 29.5 Å². The number of carbonyl (C=O) groups is 1. The number of nitrogens with one attached hydrogen (secondary N) is 1. The van der Waals surface area contributed by atoms with Gasteiger partial charge >= 0.3 is 0 Å². The van der Waals surface area contributed by atoms with E-state index in [1.54, 1.807) is 42.5 Å². The van der Waals surface area contributed by atoms with Gasteiger partial charge in [0.2, 0.25) is 10.0 Å². The Labute approximate surface area is 164 Å². The number of piperidine rings is 1. The average molecular weight is 399 g/mol. The van der Waals surface area contributed by atoms with Crippen LogP contribution in [0.5, 0.6) is 0 Å². The maximum atomic E-state index is 12.9. The van der Waals surface area contributed by atoms with E-state index in [0.29, 0.717) is 25.1 Å². The van der Waals surface area contributed by atoms with Crippen molar-refractivity contribution in [3.63, 3.8) is 0 Å². The largest absolute Gasteiger partial charge is 0.387 e. The number of hydrogen-bond acceptors (Lipinski definition) is 5. The Morgan fingerprint density at radius 1 is 1.07 bits per heavy atom. The summed E-state index contributed by atoms with van der Waals surface area (Å²) >= 11 is 0. The van der Waals surface area contributed by atoms with Crippen LogP contribution >= 0.6 is 0 Å². The van der Waals surface area contributed by atoms with Crippen molar-refractivity contribution in [2.45, 2.75) is 29.8 Å². The van der Waals surface area contributed by atoms with Gasteiger partial charge in [0.05, 0.1) is 11.4 Å². The predicted octanol–water partition coefficient (Wildman–Crippen LogP) is 2.62. The zero-order chi connectivity index (χ0) is 19.6. The molecule has 1 spiro atoms. The van der Waals surface area contributed by atoms with Crippen LogP contribution in [0.3, 0.4) is 0 Å². The number of rotatable bonds is 4. The van der Waals surface area contributed by atoms with Gasteiger partial charge in [-0.1, -0.05) is 41.6 Å². The molecule has 28 heavy (non-hydrogen) atoms. The third-order valence-corrected chi connectivity index (χ3v) is 6.88. The highest BCUT2D eigenvalue weighted by Gasteiger charge is 2.47. The predicted molar refractivity (Wildman–Crippen MR) is 105 cm³/mol. The molecule has 1 N–H and O–H groups in total. The summed E-state index contributed by atoms with van der Waals surface area (Å²) in [6, 6.07) is 17.5. The molecule has 1 unspecified atom stereocenters. The summed E-state index contributed by atoms with van der Waals surface area (Å²) in [6.45, 7) is 0.601. The maximum absolute atomic E-state index is 12.9. The van der Waals surface area contributed by atoms with Gasteiger partial charge in [-0.2, -0.15) is 4.31 Å². The number of sulfonamides is 1. The third-order valence-electron chi connectivity index (χ3n) is 5.02. The summed E-state index contributed by atoms with van der Waals surface area (Å²) in [4.78, 5) is 18.4.